The van der Waals surface area contributed by atoms with Crippen LogP contribution in [-0.2, 0) is 12.3 Å². The molecule has 0 amide bonds. The monoisotopic (exact) mass is 411 g/mol. The van der Waals surface area contributed by atoms with Gasteiger partial charge in [0.1, 0.15) is 11.6 Å². The van der Waals surface area contributed by atoms with Crippen LogP contribution in [0.25, 0.3) is 0 Å². The summed E-state index contributed by atoms with van der Waals surface area (Å²) in [4.78, 5) is 1.24. The maximum Gasteiger partial charge on any atom is 0.191 e. The van der Waals surface area contributed by atoms with Crippen molar-refractivity contribution in [3.8, 4) is 5.75 Å². The quantitative estimate of drug-likeness (QED) is 0.232. The molecule has 0 bridgehead atoms. The van der Waals surface area contributed by atoms with Gasteiger partial charge in [-0.3, -0.25) is 0 Å². The minimum absolute atomic E-state index is 0.697. The second-order valence-corrected chi connectivity index (χ2v) is 8.37. The van der Waals surface area contributed by atoms with Gasteiger partial charge in [0.05, 0.1) is 12.4 Å². The van der Waals surface area contributed by atoms with Crippen molar-refractivity contribution in [1.29, 1.82) is 0 Å². The third kappa shape index (κ3) is 6.17. The molecular weight excluding hydrogens is 386 g/mol. The zero-order valence-electron chi connectivity index (χ0n) is 16.1. The molecule has 1 heterocycles. The zero-order valence-corrected chi connectivity index (χ0v) is 17.7. The fraction of sp³-hybridized carbons (Fsp3) is 0.273. The van der Waals surface area contributed by atoms with Crippen molar-refractivity contribution < 1.29 is 4.74 Å². The second kappa shape index (κ2) is 11.0. The summed E-state index contributed by atoms with van der Waals surface area (Å²) in [5.41, 5.74) is 1.27. The largest absolute Gasteiger partial charge is 0.494 e. The van der Waals surface area contributed by atoms with Gasteiger partial charge in [0, 0.05) is 17.2 Å². The van der Waals surface area contributed by atoms with Gasteiger partial charge in [0.15, 0.2) is 5.16 Å². The van der Waals surface area contributed by atoms with E-state index in [1.807, 2.05) is 36.4 Å². The molecule has 1 aromatic heterocycles. The number of allylic oxidation sites excluding steroid dienone is 1. The maximum absolute atomic E-state index is 5.75. The fourth-order valence-electron chi connectivity index (χ4n) is 2.56. The fourth-order valence-corrected chi connectivity index (χ4v) is 4.27. The summed E-state index contributed by atoms with van der Waals surface area (Å²) in [6.45, 7) is 7.40. The van der Waals surface area contributed by atoms with Gasteiger partial charge in [0.2, 0.25) is 0 Å². The minimum atomic E-state index is 0.697. The number of thioether (sulfide) groups is 2. The van der Waals surface area contributed by atoms with Crippen LogP contribution >= 0.6 is 23.5 Å². The van der Waals surface area contributed by atoms with Crippen molar-refractivity contribution in [3.05, 3.63) is 78.6 Å². The number of hydrogen-bond donors (Lipinski definition) is 0. The lowest BCUT2D eigenvalue weighted by Gasteiger charge is -2.08. The first-order valence-electron chi connectivity index (χ1n) is 9.29. The number of para-hydroxylation sites is 1. The Labute approximate surface area is 175 Å². The van der Waals surface area contributed by atoms with E-state index in [0.717, 1.165) is 41.2 Å². The van der Waals surface area contributed by atoms with Gasteiger partial charge in [-0.15, -0.1) is 28.5 Å². The van der Waals surface area contributed by atoms with E-state index in [-0.39, 0.29) is 0 Å². The molecule has 0 radical (unpaired) electrons. The van der Waals surface area contributed by atoms with Gasteiger partial charge < -0.3 is 9.30 Å². The molecule has 0 aliphatic carbocycles. The number of hydrogen-bond acceptors (Lipinski definition) is 5. The number of nitrogens with zero attached hydrogens (tertiary/aromatic N) is 3. The van der Waals surface area contributed by atoms with Gasteiger partial charge >= 0.3 is 0 Å². The molecule has 0 N–H and O–H groups in total. The Bertz CT molecular complexity index is 863. The number of ether oxygens (including phenoxy) is 1. The molecule has 0 aliphatic rings. The molecule has 0 saturated heterocycles. The normalized spacial score (nSPS) is 10.8. The van der Waals surface area contributed by atoms with E-state index in [4.69, 9.17) is 4.74 Å². The van der Waals surface area contributed by atoms with E-state index in [0.29, 0.717) is 6.61 Å². The highest BCUT2D eigenvalue weighted by atomic mass is 32.2. The van der Waals surface area contributed by atoms with Crippen LogP contribution in [0.5, 0.6) is 5.75 Å². The summed E-state index contributed by atoms with van der Waals surface area (Å²) < 4.78 is 7.90. The Hall–Kier alpha value is -2.18. The summed E-state index contributed by atoms with van der Waals surface area (Å²) in [5, 5.41) is 9.74. The van der Waals surface area contributed by atoms with Crippen LogP contribution in [0, 0.1) is 6.92 Å². The molecule has 3 rings (SSSR count). The van der Waals surface area contributed by atoms with Crippen LogP contribution in [0.15, 0.2) is 77.3 Å². The molecule has 0 unspecified atom stereocenters. The van der Waals surface area contributed by atoms with Crippen LogP contribution in [0.2, 0.25) is 0 Å². The van der Waals surface area contributed by atoms with Crippen molar-refractivity contribution in [2.75, 3.05) is 12.4 Å². The summed E-state index contributed by atoms with van der Waals surface area (Å²) in [6, 6.07) is 18.5. The average molecular weight is 412 g/mol. The molecule has 0 spiro atoms. The van der Waals surface area contributed by atoms with E-state index in [9.17, 15) is 0 Å². The lowest BCUT2D eigenvalue weighted by molar-refractivity contribution is 0.318. The molecular formula is C22H25N3OS2. The van der Waals surface area contributed by atoms with E-state index in [1.54, 1.807) is 23.5 Å². The molecule has 4 nitrogen and oxygen atoms in total. The van der Waals surface area contributed by atoms with Crippen molar-refractivity contribution >= 4 is 23.5 Å². The van der Waals surface area contributed by atoms with Crippen molar-refractivity contribution in [1.82, 2.24) is 14.8 Å². The first kappa shape index (κ1) is 20.6. The van der Waals surface area contributed by atoms with Crippen LogP contribution < -0.4 is 4.74 Å². The lowest BCUT2D eigenvalue weighted by atomic mass is 10.2. The maximum atomic E-state index is 5.75. The van der Waals surface area contributed by atoms with Gasteiger partial charge in [-0.25, -0.2) is 0 Å². The number of benzene rings is 2. The molecule has 0 fully saturated rings. The zero-order chi connectivity index (χ0) is 19.6. The number of aromatic nitrogens is 3. The Morgan fingerprint density at radius 3 is 2.57 bits per heavy atom. The van der Waals surface area contributed by atoms with E-state index < -0.39 is 0 Å². The summed E-state index contributed by atoms with van der Waals surface area (Å²) >= 11 is 3.50. The van der Waals surface area contributed by atoms with Crippen LogP contribution in [0.3, 0.4) is 0 Å². The summed E-state index contributed by atoms with van der Waals surface area (Å²) in [5.74, 6) is 3.63. The van der Waals surface area contributed by atoms with Crippen LogP contribution in [-0.4, -0.2) is 27.1 Å². The topological polar surface area (TPSA) is 39.9 Å². The molecule has 2 aromatic carbocycles. The molecule has 3 aromatic rings. The van der Waals surface area contributed by atoms with Crippen molar-refractivity contribution in [2.24, 2.45) is 0 Å². The van der Waals surface area contributed by atoms with E-state index >= 15 is 0 Å². The Morgan fingerprint density at radius 1 is 1.04 bits per heavy atom. The van der Waals surface area contributed by atoms with E-state index in [2.05, 4.69) is 52.5 Å². The number of aryl methyl sites for hydroxylation is 1. The Balaban J connectivity index is 1.50. The third-order valence-electron chi connectivity index (χ3n) is 4.03. The molecule has 146 valence electrons. The van der Waals surface area contributed by atoms with Crippen molar-refractivity contribution in [3.63, 3.8) is 0 Å². The first-order valence-corrected chi connectivity index (χ1v) is 11.3. The first-order chi connectivity index (χ1) is 13.8. The highest BCUT2D eigenvalue weighted by Gasteiger charge is 2.12. The van der Waals surface area contributed by atoms with Crippen LogP contribution in [0.1, 0.15) is 17.8 Å². The van der Waals surface area contributed by atoms with Crippen LogP contribution in [0.4, 0.5) is 0 Å². The SMILES string of the molecule is C=CCn1c(CSc2ccc(C)cc2)nnc1SCCCOc1ccccc1. The highest BCUT2D eigenvalue weighted by molar-refractivity contribution is 7.99. The highest BCUT2D eigenvalue weighted by Crippen LogP contribution is 2.25. The minimum Gasteiger partial charge on any atom is -0.494 e. The predicted octanol–water partition coefficient (Wildman–Crippen LogP) is 5.63. The summed E-state index contributed by atoms with van der Waals surface area (Å²) in [7, 11) is 0. The number of rotatable bonds is 11. The predicted molar refractivity (Wildman–Crippen MR) is 118 cm³/mol. The molecule has 0 saturated carbocycles. The Morgan fingerprint density at radius 2 is 1.82 bits per heavy atom. The second-order valence-electron chi connectivity index (χ2n) is 6.26. The third-order valence-corrected chi connectivity index (χ3v) is 6.09. The van der Waals surface area contributed by atoms with Gasteiger partial charge in [0.25, 0.3) is 0 Å². The lowest BCUT2D eigenvalue weighted by Crippen LogP contribution is -2.04. The standard InChI is InChI=1S/C22H25N3OS2/c1-3-14-25-21(17-28-20-12-10-18(2)11-13-20)23-24-22(25)27-16-7-15-26-19-8-5-4-6-9-19/h3-6,8-13H,1,7,14-17H2,2H3. The summed E-state index contributed by atoms with van der Waals surface area (Å²) in [6.07, 6.45) is 2.85. The van der Waals surface area contributed by atoms with Gasteiger partial charge in [-0.05, 0) is 37.6 Å². The Kier molecular flexibility index (Phi) is 8.06. The molecule has 6 heteroatoms. The average Bonchev–Trinajstić information content (AvgIpc) is 3.10. The molecule has 28 heavy (non-hydrogen) atoms. The molecule has 0 aliphatic heterocycles. The van der Waals surface area contributed by atoms with E-state index in [1.165, 1.54) is 10.5 Å². The van der Waals surface area contributed by atoms with Gasteiger partial charge in [-0.2, -0.15) is 0 Å². The smallest absolute Gasteiger partial charge is 0.191 e. The van der Waals surface area contributed by atoms with Gasteiger partial charge in [-0.1, -0.05) is 53.7 Å². The molecule has 0 atom stereocenters. The van der Waals surface area contributed by atoms with Crippen molar-refractivity contribution in [2.45, 2.75) is 35.7 Å².